The number of carbonyl (C=O) groups excluding carboxylic acids is 1. The van der Waals surface area contributed by atoms with E-state index >= 15 is 0 Å². The van der Waals surface area contributed by atoms with Crippen LogP contribution in [-0.4, -0.2) is 35.0 Å². The third-order valence-electron chi connectivity index (χ3n) is 2.06. The molecule has 0 aromatic heterocycles. The number of carboxylic acid groups (broad SMARTS) is 1. The Bertz CT molecular complexity index is 189. The number of Topliss-reactive ketones (excluding diaryl/α,β-unsaturated/α-hetero) is 1. The van der Waals surface area contributed by atoms with Crippen LogP contribution in [0.5, 0.6) is 0 Å². The van der Waals surface area contributed by atoms with Crippen LogP contribution in [0.2, 0.25) is 0 Å². The van der Waals surface area contributed by atoms with Crippen molar-refractivity contribution in [3.63, 3.8) is 0 Å². The van der Waals surface area contributed by atoms with E-state index in [1.165, 1.54) is 4.90 Å². The third-order valence-corrected chi connectivity index (χ3v) is 2.06. The highest BCUT2D eigenvalue weighted by molar-refractivity contribution is 5.79. The van der Waals surface area contributed by atoms with Crippen molar-refractivity contribution in [3.05, 3.63) is 0 Å². The Kier molecular flexibility index (Phi) is 3.08. The zero-order chi connectivity index (χ0) is 8.97. The van der Waals surface area contributed by atoms with Gasteiger partial charge < -0.3 is 10.0 Å². The normalized spacial score (nSPS) is 20.0. The molecule has 0 aromatic carbocycles. The molecule has 0 aliphatic carbocycles. The Morgan fingerprint density at radius 1 is 1.25 bits per heavy atom. The summed E-state index contributed by atoms with van der Waals surface area (Å²) in [5.41, 5.74) is 0. The van der Waals surface area contributed by atoms with Crippen molar-refractivity contribution in [1.29, 1.82) is 0 Å². The predicted molar refractivity (Wildman–Crippen MR) is 43.1 cm³/mol. The Labute approximate surface area is 71.2 Å². The number of hydrogen-bond acceptors (Lipinski definition) is 2. The fourth-order valence-electron chi connectivity index (χ4n) is 1.31. The van der Waals surface area contributed by atoms with Gasteiger partial charge in [-0.1, -0.05) is 0 Å². The summed E-state index contributed by atoms with van der Waals surface area (Å²) in [6, 6.07) is 0. The van der Waals surface area contributed by atoms with Crippen molar-refractivity contribution in [2.75, 3.05) is 13.1 Å². The summed E-state index contributed by atoms with van der Waals surface area (Å²) < 4.78 is 0. The summed E-state index contributed by atoms with van der Waals surface area (Å²) in [6.07, 6.45) is 1.71. The second kappa shape index (κ2) is 4.09. The summed E-state index contributed by atoms with van der Waals surface area (Å²) >= 11 is 0. The summed E-state index contributed by atoms with van der Waals surface area (Å²) in [7, 11) is 0. The first-order valence-corrected chi connectivity index (χ1v) is 4.20. The van der Waals surface area contributed by atoms with E-state index in [9.17, 15) is 9.59 Å². The molecular weight excluding hydrogens is 158 g/mol. The van der Waals surface area contributed by atoms with Crippen LogP contribution in [0.3, 0.4) is 0 Å². The molecule has 0 unspecified atom stereocenters. The SMILES string of the molecule is O=C1CCCCN(C(=O)O)CC1. The van der Waals surface area contributed by atoms with E-state index < -0.39 is 6.09 Å². The van der Waals surface area contributed by atoms with Crippen LogP contribution in [0.25, 0.3) is 0 Å². The molecule has 1 saturated heterocycles. The molecule has 1 heterocycles. The van der Waals surface area contributed by atoms with E-state index in [2.05, 4.69) is 0 Å². The third kappa shape index (κ3) is 2.53. The van der Waals surface area contributed by atoms with Gasteiger partial charge in [0.2, 0.25) is 0 Å². The van der Waals surface area contributed by atoms with Crippen molar-refractivity contribution in [2.45, 2.75) is 25.7 Å². The molecule has 12 heavy (non-hydrogen) atoms. The Morgan fingerprint density at radius 2 is 2.00 bits per heavy atom. The number of ketones is 1. The smallest absolute Gasteiger partial charge is 0.407 e. The first kappa shape index (κ1) is 9.03. The van der Waals surface area contributed by atoms with Crippen LogP contribution >= 0.6 is 0 Å². The molecule has 68 valence electrons. The molecule has 0 aromatic rings. The standard InChI is InChI=1S/C8H13NO3/c10-7-3-1-2-5-9(6-4-7)8(11)12/h1-6H2,(H,11,12). The molecule has 0 saturated carbocycles. The molecule has 1 rings (SSSR count). The lowest BCUT2D eigenvalue weighted by molar-refractivity contribution is -0.119. The molecular formula is C8H13NO3. The van der Waals surface area contributed by atoms with Gasteiger partial charge in [0.05, 0.1) is 0 Å². The van der Waals surface area contributed by atoms with Crippen LogP contribution in [0.15, 0.2) is 0 Å². The minimum atomic E-state index is -0.912. The van der Waals surface area contributed by atoms with Crippen LogP contribution in [0.4, 0.5) is 4.79 Å². The van der Waals surface area contributed by atoms with Gasteiger partial charge >= 0.3 is 6.09 Å². The maximum absolute atomic E-state index is 11.0. The maximum atomic E-state index is 11.0. The Balaban J connectivity index is 2.44. The van der Waals surface area contributed by atoms with Gasteiger partial charge in [0.1, 0.15) is 5.78 Å². The van der Waals surface area contributed by atoms with Gasteiger partial charge in [-0.3, -0.25) is 4.79 Å². The summed E-state index contributed by atoms with van der Waals surface area (Å²) in [4.78, 5) is 22.8. The molecule has 1 aliphatic rings. The number of amides is 1. The van der Waals surface area contributed by atoms with Crippen molar-refractivity contribution >= 4 is 11.9 Å². The highest BCUT2D eigenvalue weighted by Crippen LogP contribution is 2.07. The van der Waals surface area contributed by atoms with E-state index in [0.717, 1.165) is 12.8 Å². The quantitative estimate of drug-likeness (QED) is 0.594. The first-order chi connectivity index (χ1) is 5.70. The Morgan fingerprint density at radius 3 is 2.67 bits per heavy atom. The molecule has 1 fully saturated rings. The van der Waals surface area contributed by atoms with Crippen molar-refractivity contribution in [2.24, 2.45) is 0 Å². The Hall–Kier alpha value is -1.06. The zero-order valence-electron chi connectivity index (χ0n) is 6.95. The van der Waals surface area contributed by atoms with E-state index in [0.29, 0.717) is 25.9 Å². The van der Waals surface area contributed by atoms with E-state index in [1.807, 2.05) is 0 Å². The van der Waals surface area contributed by atoms with Crippen LogP contribution in [-0.2, 0) is 4.79 Å². The second-order valence-electron chi connectivity index (χ2n) is 3.02. The number of likely N-dealkylation sites (tertiary alicyclic amines) is 1. The monoisotopic (exact) mass is 171 g/mol. The molecule has 1 amide bonds. The lowest BCUT2D eigenvalue weighted by atomic mass is 10.1. The minimum Gasteiger partial charge on any atom is -0.465 e. The zero-order valence-corrected chi connectivity index (χ0v) is 6.95. The summed E-state index contributed by atoms with van der Waals surface area (Å²) in [5, 5.41) is 8.66. The molecule has 0 bridgehead atoms. The molecule has 0 spiro atoms. The van der Waals surface area contributed by atoms with Gasteiger partial charge in [-0.15, -0.1) is 0 Å². The van der Waals surface area contributed by atoms with Gasteiger partial charge in [-0.2, -0.15) is 0 Å². The van der Waals surface area contributed by atoms with Crippen LogP contribution in [0, 0.1) is 0 Å². The van der Waals surface area contributed by atoms with Crippen molar-refractivity contribution in [1.82, 2.24) is 4.90 Å². The minimum absolute atomic E-state index is 0.181. The molecule has 4 nitrogen and oxygen atoms in total. The van der Waals surface area contributed by atoms with Crippen molar-refractivity contribution < 1.29 is 14.7 Å². The summed E-state index contributed by atoms with van der Waals surface area (Å²) in [5.74, 6) is 0.181. The van der Waals surface area contributed by atoms with Gasteiger partial charge in [0.25, 0.3) is 0 Å². The number of carbonyl (C=O) groups is 2. The summed E-state index contributed by atoms with van der Waals surface area (Å²) in [6.45, 7) is 0.941. The van der Waals surface area contributed by atoms with Gasteiger partial charge in [-0.05, 0) is 12.8 Å². The largest absolute Gasteiger partial charge is 0.465 e. The predicted octanol–water partition coefficient (Wildman–Crippen LogP) is 1.11. The van der Waals surface area contributed by atoms with E-state index in [-0.39, 0.29) is 5.78 Å². The first-order valence-electron chi connectivity index (χ1n) is 4.20. The number of hydrogen-bond donors (Lipinski definition) is 1. The lowest BCUT2D eigenvalue weighted by Gasteiger charge is -2.20. The van der Waals surface area contributed by atoms with E-state index in [1.54, 1.807) is 0 Å². The molecule has 4 heteroatoms. The molecule has 0 radical (unpaired) electrons. The second-order valence-corrected chi connectivity index (χ2v) is 3.02. The van der Waals surface area contributed by atoms with Crippen LogP contribution in [0.1, 0.15) is 25.7 Å². The lowest BCUT2D eigenvalue weighted by Crippen LogP contribution is -2.33. The van der Waals surface area contributed by atoms with Gasteiger partial charge in [0, 0.05) is 25.9 Å². The number of rotatable bonds is 0. The average molecular weight is 171 g/mol. The van der Waals surface area contributed by atoms with E-state index in [4.69, 9.17) is 5.11 Å². The number of nitrogens with zero attached hydrogens (tertiary/aromatic N) is 1. The highest BCUT2D eigenvalue weighted by Gasteiger charge is 2.15. The fraction of sp³-hybridized carbons (Fsp3) is 0.750. The maximum Gasteiger partial charge on any atom is 0.407 e. The molecule has 0 atom stereocenters. The van der Waals surface area contributed by atoms with Crippen LogP contribution < -0.4 is 0 Å². The molecule has 1 N–H and O–H groups in total. The van der Waals surface area contributed by atoms with Gasteiger partial charge in [-0.25, -0.2) is 4.79 Å². The highest BCUT2D eigenvalue weighted by atomic mass is 16.4. The fourth-order valence-corrected chi connectivity index (χ4v) is 1.31. The topological polar surface area (TPSA) is 57.6 Å². The molecule has 1 aliphatic heterocycles. The van der Waals surface area contributed by atoms with Crippen molar-refractivity contribution in [3.8, 4) is 0 Å². The van der Waals surface area contributed by atoms with Gasteiger partial charge in [0.15, 0.2) is 0 Å². The average Bonchev–Trinajstić information content (AvgIpc) is 1.97.